The molecule has 28 heavy (non-hydrogen) atoms. The van der Waals surface area contributed by atoms with E-state index in [2.05, 4.69) is 81.1 Å². The summed E-state index contributed by atoms with van der Waals surface area (Å²) in [4.78, 5) is 3.45. The van der Waals surface area contributed by atoms with Gasteiger partial charge in [-0.1, -0.05) is 86.1 Å². The molecule has 0 saturated carbocycles. The van der Waals surface area contributed by atoms with E-state index in [1.807, 2.05) is 18.2 Å². The molecule has 1 aromatic heterocycles. The minimum Gasteiger partial charge on any atom is -0.355 e. The number of aromatic nitrogens is 1. The van der Waals surface area contributed by atoms with Crippen molar-refractivity contribution in [3.63, 3.8) is 0 Å². The summed E-state index contributed by atoms with van der Waals surface area (Å²) in [6, 6.07) is 0. The molecular formula is C27H35N. The summed E-state index contributed by atoms with van der Waals surface area (Å²) in [5, 5.41) is 2.14. The Bertz CT molecular complexity index is 866. The minimum atomic E-state index is 1.03. The first-order valence-electron chi connectivity index (χ1n) is 10.1. The molecule has 0 aliphatic heterocycles. The third-order valence-electron chi connectivity index (χ3n) is 4.46. The van der Waals surface area contributed by atoms with Crippen molar-refractivity contribution in [3.05, 3.63) is 95.7 Å². The minimum absolute atomic E-state index is 1.03. The Morgan fingerprint density at radius 2 is 1.75 bits per heavy atom. The molecule has 0 atom stereocenters. The molecule has 1 nitrogen and oxygen atoms in total. The van der Waals surface area contributed by atoms with Crippen LogP contribution in [0.1, 0.15) is 57.2 Å². The molecule has 0 aliphatic rings. The maximum atomic E-state index is 3.97. The summed E-state index contributed by atoms with van der Waals surface area (Å²) >= 11 is 0. The van der Waals surface area contributed by atoms with Gasteiger partial charge in [-0.25, -0.2) is 0 Å². The normalized spacial score (nSPS) is 14.0. The lowest BCUT2D eigenvalue weighted by atomic mass is 10.0. The number of nitrogens with one attached hydrogen (secondary N) is 1. The standard InChI is InChI=1S/C27H35N/c1-6-11-19-23(20-12-7-2)21-15-13-14-16-22-27-24(10-5)25(17-8-3)26(28-27)18-9-4/h6-12,16-19,22,28H,3-5,13-15,20-21H2,1-2H3/b11-6-,12-7-,22-16-,23-19+,25-17-,26-18+. The molecule has 1 heterocycles. The zero-order chi connectivity index (χ0) is 20.6. The van der Waals surface area contributed by atoms with Crippen LogP contribution in [-0.4, -0.2) is 4.98 Å². The molecule has 1 aromatic rings. The van der Waals surface area contributed by atoms with Crippen molar-refractivity contribution in [3.8, 4) is 0 Å². The quantitative estimate of drug-likeness (QED) is 0.240. The van der Waals surface area contributed by atoms with Crippen LogP contribution in [0.25, 0.3) is 24.3 Å². The second-order valence-electron chi connectivity index (χ2n) is 6.56. The van der Waals surface area contributed by atoms with E-state index in [1.165, 1.54) is 18.4 Å². The van der Waals surface area contributed by atoms with Crippen molar-refractivity contribution in [2.24, 2.45) is 0 Å². The molecule has 0 fully saturated rings. The zero-order valence-electron chi connectivity index (χ0n) is 17.6. The first-order chi connectivity index (χ1) is 13.7. The Labute approximate surface area is 171 Å². The molecular weight excluding hydrogens is 338 g/mol. The van der Waals surface area contributed by atoms with E-state index >= 15 is 0 Å². The van der Waals surface area contributed by atoms with E-state index in [0.717, 1.165) is 41.1 Å². The Kier molecular flexibility index (Phi) is 11.9. The molecule has 1 N–H and O–H groups in total. The van der Waals surface area contributed by atoms with Gasteiger partial charge >= 0.3 is 0 Å². The second-order valence-corrected chi connectivity index (χ2v) is 6.56. The molecule has 0 saturated heterocycles. The van der Waals surface area contributed by atoms with E-state index in [-0.39, 0.29) is 0 Å². The van der Waals surface area contributed by atoms with Crippen LogP contribution in [0.15, 0.2) is 73.9 Å². The predicted octanol–water partition coefficient (Wildman–Crippen LogP) is 6.63. The fourth-order valence-corrected chi connectivity index (χ4v) is 3.04. The fourth-order valence-electron chi connectivity index (χ4n) is 3.04. The summed E-state index contributed by atoms with van der Waals surface area (Å²) in [5.41, 5.74) is 3.68. The number of allylic oxidation sites excluding steroid dienone is 9. The van der Waals surface area contributed by atoms with Crippen LogP contribution in [0.3, 0.4) is 0 Å². The SMILES string of the molecule is C=C/C=c1/c(C=C)c(/C=C\CCCC/C(=C/C=C\C)C/C=C\C)[nH]/c1=C/C=C. The van der Waals surface area contributed by atoms with Crippen molar-refractivity contribution in [1.82, 2.24) is 4.98 Å². The van der Waals surface area contributed by atoms with Gasteiger partial charge in [0.25, 0.3) is 0 Å². The molecule has 0 spiro atoms. The summed E-state index contributed by atoms with van der Waals surface area (Å²) in [5.74, 6) is 0. The van der Waals surface area contributed by atoms with Crippen LogP contribution >= 0.6 is 0 Å². The third kappa shape index (κ3) is 7.84. The maximum Gasteiger partial charge on any atom is 0.0464 e. The van der Waals surface area contributed by atoms with E-state index in [4.69, 9.17) is 0 Å². The number of unbranched alkanes of at least 4 members (excludes halogenated alkanes) is 2. The highest BCUT2D eigenvalue weighted by molar-refractivity contribution is 5.65. The topological polar surface area (TPSA) is 15.8 Å². The average Bonchev–Trinajstić information content (AvgIpc) is 3.02. The van der Waals surface area contributed by atoms with E-state index in [9.17, 15) is 0 Å². The lowest BCUT2D eigenvalue weighted by Crippen LogP contribution is -2.23. The number of hydrogen-bond donors (Lipinski definition) is 1. The lowest BCUT2D eigenvalue weighted by molar-refractivity contribution is 0.735. The first kappa shape index (κ1) is 23.2. The predicted molar refractivity (Wildman–Crippen MR) is 129 cm³/mol. The largest absolute Gasteiger partial charge is 0.355 e. The van der Waals surface area contributed by atoms with Gasteiger partial charge < -0.3 is 4.98 Å². The third-order valence-corrected chi connectivity index (χ3v) is 4.46. The summed E-state index contributed by atoms with van der Waals surface area (Å²) < 4.78 is 0. The molecule has 0 aliphatic carbocycles. The second kappa shape index (κ2) is 14.3. The van der Waals surface area contributed by atoms with Crippen LogP contribution in [0, 0.1) is 0 Å². The van der Waals surface area contributed by atoms with Gasteiger partial charge in [0.15, 0.2) is 0 Å². The molecule has 148 valence electrons. The van der Waals surface area contributed by atoms with Gasteiger partial charge in [-0.05, 0) is 58.1 Å². The van der Waals surface area contributed by atoms with Gasteiger partial charge in [0.1, 0.15) is 0 Å². The Hall–Kier alpha value is -2.80. The van der Waals surface area contributed by atoms with Crippen LogP contribution in [0.2, 0.25) is 0 Å². The highest BCUT2D eigenvalue weighted by Gasteiger charge is 2.02. The zero-order valence-corrected chi connectivity index (χ0v) is 17.6. The van der Waals surface area contributed by atoms with Gasteiger partial charge in [-0.3, -0.25) is 0 Å². The Morgan fingerprint density at radius 1 is 0.964 bits per heavy atom. The van der Waals surface area contributed by atoms with Crippen molar-refractivity contribution < 1.29 is 0 Å². The number of hydrogen-bond acceptors (Lipinski definition) is 0. The molecule has 0 aromatic carbocycles. The summed E-state index contributed by atoms with van der Waals surface area (Å²) in [6.07, 6.45) is 30.3. The summed E-state index contributed by atoms with van der Waals surface area (Å²) in [7, 11) is 0. The van der Waals surface area contributed by atoms with E-state index < -0.39 is 0 Å². The van der Waals surface area contributed by atoms with Crippen LogP contribution in [0.5, 0.6) is 0 Å². The fraction of sp³-hybridized carbons (Fsp3) is 0.259. The molecule has 0 radical (unpaired) electrons. The van der Waals surface area contributed by atoms with Crippen molar-refractivity contribution in [1.29, 1.82) is 0 Å². The van der Waals surface area contributed by atoms with Gasteiger partial charge in [0, 0.05) is 21.8 Å². The number of rotatable bonds is 12. The molecule has 0 bridgehead atoms. The van der Waals surface area contributed by atoms with Gasteiger partial charge in [0.05, 0.1) is 0 Å². The van der Waals surface area contributed by atoms with Gasteiger partial charge in [0.2, 0.25) is 0 Å². The Morgan fingerprint density at radius 3 is 2.39 bits per heavy atom. The van der Waals surface area contributed by atoms with Crippen molar-refractivity contribution in [2.75, 3.05) is 0 Å². The van der Waals surface area contributed by atoms with Crippen LogP contribution in [-0.2, 0) is 0 Å². The highest BCUT2D eigenvalue weighted by atomic mass is 14.7. The van der Waals surface area contributed by atoms with Crippen molar-refractivity contribution >= 4 is 24.3 Å². The monoisotopic (exact) mass is 373 g/mol. The Balaban J connectivity index is 2.74. The molecule has 1 heteroatoms. The smallest absolute Gasteiger partial charge is 0.0464 e. The summed E-state index contributed by atoms with van der Waals surface area (Å²) in [6.45, 7) is 15.7. The molecule has 0 amide bonds. The number of H-pyrrole nitrogens is 1. The molecule has 0 unspecified atom stereocenters. The molecule has 1 rings (SSSR count). The lowest BCUT2D eigenvalue weighted by Gasteiger charge is -2.03. The van der Waals surface area contributed by atoms with Crippen LogP contribution < -0.4 is 10.6 Å². The van der Waals surface area contributed by atoms with E-state index in [0.29, 0.717) is 0 Å². The van der Waals surface area contributed by atoms with E-state index in [1.54, 1.807) is 12.2 Å². The van der Waals surface area contributed by atoms with Crippen LogP contribution in [0.4, 0.5) is 0 Å². The van der Waals surface area contributed by atoms with Crippen molar-refractivity contribution in [2.45, 2.75) is 46.0 Å². The highest BCUT2D eigenvalue weighted by Crippen LogP contribution is 2.14. The number of aromatic amines is 1. The van der Waals surface area contributed by atoms with Gasteiger partial charge in [-0.2, -0.15) is 0 Å². The average molecular weight is 374 g/mol. The van der Waals surface area contributed by atoms with Gasteiger partial charge in [-0.15, -0.1) is 0 Å². The first-order valence-corrected chi connectivity index (χ1v) is 10.1. The maximum absolute atomic E-state index is 3.97.